The summed E-state index contributed by atoms with van der Waals surface area (Å²) in [5, 5.41) is 0. The van der Waals surface area contributed by atoms with E-state index in [1.165, 1.54) is 6.20 Å². The predicted octanol–water partition coefficient (Wildman–Crippen LogP) is 2.53. The topological polar surface area (TPSA) is 47.0 Å². The van der Waals surface area contributed by atoms with Gasteiger partial charge in [0, 0.05) is 11.9 Å². The van der Waals surface area contributed by atoms with Crippen LogP contribution < -0.4 is 0 Å². The maximum atomic E-state index is 12.2. The molecule has 0 unspecified atom stereocenters. The van der Waals surface area contributed by atoms with Crippen molar-refractivity contribution in [2.45, 2.75) is 23.6 Å². The van der Waals surface area contributed by atoms with E-state index in [2.05, 4.69) is 4.98 Å². The molecule has 1 heterocycles. The van der Waals surface area contributed by atoms with Gasteiger partial charge in [-0.1, -0.05) is 17.7 Å². The Kier molecular flexibility index (Phi) is 2.98. The molecule has 3 nitrogen and oxygen atoms in total. The van der Waals surface area contributed by atoms with Gasteiger partial charge in [0.25, 0.3) is 0 Å². The Balaban J connectivity index is 2.50. The maximum absolute atomic E-state index is 12.2. The Hall–Kier alpha value is -1.68. The summed E-state index contributed by atoms with van der Waals surface area (Å²) in [4.78, 5) is 4.54. The molecular weight excluding hydrogens is 234 g/mol. The zero-order valence-electron chi connectivity index (χ0n) is 9.71. The lowest BCUT2D eigenvalue weighted by Crippen LogP contribution is -2.02. The summed E-state index contributed by atoms with van der Waals surface area (Å²) in [6, 6.07) is 10.1. The number of sulfone groups is 1. The molecule has 0 amide bonds. The minimum Gasteiger partial charge on any atom is -0.260 e. The summed E-state index contributed by atoms with van der Waals surface area (Å²) in [6.07, 6.45) is 1.39. The second-order valence-corrected chi connectivity index (χ2v) is 5.90. The number of hydrogen-bond acceptors (Lipinski definition) is 3. The van der Waals surface area contributed by atoms with Crippen molar-refractivity contribution in [3.63, 3.8) is 0 Å². The van der Waals surface area contributed by atoms with Crippen molar-refractivity contribution in [2.24, 2.45) is 0 Å². The van der Waals surface area contributed by atoms with Gasteiger partial charge in [0.15, 0.2) is 0 Å². The fourth-order valence-corrected chi connectivity index (χ4v) is 2.67. The third-order valence-electron chi connectivity index (χ3n) is 2.53. The molecule has 2 rings (SSSR count). The molecule has 0 aliphatic carbocycles. The van der Waals surface area contributed by atoms with Gasteiger partial charge in [-0.15, -0.1) is 0 Å². The molecule has 0 N–H and O–H groups in total. The molecule has 0 radical (unpaired) electrons. The van der Waals surface area contributed by atoms with E-state index in [1.807, 2.05) is 13.8 Å². The van der Waals surface area contributed by atoms with E-state index in [-0.39, 0.29) is 4.90 Å². The van der Waals surface area contributed by atoms with Crippen molar-refractivity contribution in [1.82, 2.24) is 4.98 Å². The molecule has 0 fully saturated rings. The highest BCUT2D eigenvalue weighted by Crippen LogP contribution is 2.20. The van der Waals surface area contributed by atoms with Crippen LogP contribution in [0.4, 0.5) is 0 Å². The van der Waals surface area contributed by atoms with E-state index in [4.69, 9.17) is 0 Å². The van der Waals surface area contributed by atoms with E-state index >= 15 is 0 Å². The molecule has 1 aromatic heterocycles. The van der Waals surface area contributed by atoms with Crippen LogP contribution in [0.3, 0.4) is 0 Å². The third-order valence-corrected chi connectivity index (χ3v) is 4.28. The first-order valence-corrected chi connectivity index (χ1v) is 6.73. The van der Waals surface area contributed by atoms with Crippen molar-refractivity contribution < 1.29 is 8.42 Å². The van der Waals surface area contributed by atoms with Gasteiger partial charge in [0.2, 0.25) is 9.84 Å². The second kappa shape index (κ2) is 4.30. The van der Waals surface area contributed by atoms with E-state index in [1.54, 1.807) is 36.4 Å². The molecule has 2 aromatic rings. The van der Waals surface area contributed by atoms with Crippen LogP contribution in [0.25, 0.3) is 0 Å². The van der Waals surface area contributed by atoms with Crippen LogP contribution in [0.5, 0.6) is 0 Å². The number of hydrogen-bond donors (Lipinski definition) is 0. The normalized spacial score (nSPS) is 11.4. The smallest absolute Gasteiger partial charge is 0.208 e. The van der Waals surface area contributed by atoms with Gasteiger partial charge in [-0.2, -0.15) is 0 Å². The summed E-state index contributed by atoms with van der Waals surface area (Å²) in [5.41, 5.74) is 1.83. The third kappa shape index (κ3) is 2.36. The molecule has 4 heteroatoms. The minimum absolute atomic E-state index is 0.229. The van der Waals surface area contributed by atoms with Crippen LogP contribution in [0.2, 0.25) is 0 Å². The monoisotopic (exact) mass is 247 g/mol. The summed E-state index contributed by atoms with van der Waals surface area (Å²) < 4.78 is 24.4. The van der Waals surface area contributed by atoms with Gasteiger partial charge in [0.1, 0.15) is 0 Å². The average molecular weight is 247 g/mol. The Morgan fingerprint density at radius 1 is 0.882 bits per heavy atom. The van der Waals surface area contributed by atoms with Gasteiger partial charge in [0.05, 0.1) is 9.79 Å². The lowest BCUT2D eigenvalue weighted by molar-refractivity contribution is 0.595. The summed E-state index contributed by atoms with van der Waals surface area (Å²) in [5.74, 6) is 0. The highest BCUT2D eigenvalue weighted by Gasteiger charge is 2.17. The van der Waals surface area contributed by atoms with Gasteiger partial charge in [-0.25, -0.2) is 8.42 Å². The van der Waals surface area contributed by atoms with Crippen LogP contribution >= 0.6 is 0 Å². The zero-order chi connectivity index (χ0) is 12.5. The van der Waals surface area contributed by atoms with Crippen LogP contribution in [0.15, 0.2) is 52.4 Å². The van der Waals surface area contributed by atoms with Crippen molar-refractivity contribution >= 4 is 9.84 Å². The lowest BCUT2D eigenvalue weighted by Gasteiger charge is -2.04. The number of aryl methyl sites for hydroxylation is 2. The largest absolute Gasteiger partial charge is 0.260 e. The van der Waals surface area contributed by atoms with Crippen molar-refractivity contribution in [2.75, 3.05) is 0 Å². The first-order chi connectivity index (χ1) is 8.00. The van der Waals surface area contributed by atoms with Crippen LogP contribution in [-0.2, 0) is 9.84 Å². The highest BCUT2D eigenvalue weighted by atomic mass is 32.2. The second-order valence-electron chi connectivity index (χ2n) is 3.95. The van der Waals surface area contributed by atoms with Gasteiger partial charge in [-0.05, 0) is 38.1 Å². The molecule has 17 heavy (non-hydrogen) atoms. The molecule has 0 aliphatic rings. The van der Waals surface area contributed by atoms with E-state index in [0.717, 1.165) is 11.3 Å². The fraction of sp³-hybridized carbons (Fsp3) is 0.154. The van der Waals surface area contributed by atoms with Crippen molar-refractivity contribution in [1.29, 1.82) is 0 Å². The first kappa shape index (κ1) is 11.8. The van der Waals surface area contributed by atoms with Gasteiger partial charge < -0.3 is 0 Å². The molecule has 1 aromatic carbocycles. The quantitative estimate of drug-likeness (QED) is 0.819. The minimum atomic E-state index is -3.43. The number of nitrogens with zero attached hydrogens (tertiary/aromatic N) is 1. The van der Waals surface area contributed by atoms with Crippen molar-refractivity contribution in [3.05, 3.63) is 53.9 Å². The fourth-order valence-electron chi connectivity index (χ4n) is 1.47. The number of pyridine rings is 1. The molecular formula is C13H13NO2S. The standard InChI is InChI=1S/C13H13NO2S/c1-10-3-6-12(7-4-10)17(15,16)13-8-5-11(2)14-9-13/h3-9H,1-2H3. The average Bonchev–Trinajstić information content (AvgIpc) is 2.30. The maximum Gasteiger partial charge on any atom is 0.208 e. The Morgan fingerprint density at radius 2 is 1.47 bits per heavy atom. The molecule has 0 bridgehead atoms. The molecule has 0 saturated carbocycles. The van der Waals surface area contributed by atoms with Crippen molar-refractivity contribution in [3.8, 4) is 0 Å². The van der Waals surface area contributed by atoms with E-state index in [0.29, 0.717) is 4.90 Å². The Bertz CT molecular complexity index is 562. The van der Waals surface area contributed by atoms with Crippen LogP contribution in [0, 0.1) is 13.8 Å². The van der Waals surface area contributed by atoms with E-state index < -0.39 is 9.84 Å². The first-order valence-electron chi connectivity index (χ1n) is 5.24. The Morgan fingerprint density at radius 3 is 2.00 bits per heavy atom. The summed E-state index contributed by atoms with van der Waals surface area (Å²) in [7, 11) is -3.43. The molecule has 0 atom stereocenters. The number of rotatable bonds is 2. The van der Waals surface area contributed by atoms with Gasteiger partial charge in [-0.3, -0.25) is 4.98 Å². The molecule has 0 saturated heterocycles. The summed E-state index contributed by atoms with van der Waals surface area (Å²) in [6.45, 7) is 3.74. The highest BCUT2D eigenvalue weighted by molar-refractivity contribution is 7.91. The van der Waals surface area contributed by atoms with E-state index in [9.17, 15) is 8.42 Å². The SMILES string of the molecule is Cc1ccc(S(=O)(=O)c2ccc(C)nc2)cc1. The van der Waals surface area contributed by atoms with Crippen LogP contribution in [-0.4, -0.2) is 13.4 Å². The number of aromatic nitrogens is 1. The zero-order valence-corrected chi connectivity index (χ0v) is 10.5. The summed E-state index contributed by atoms with van der Waals surface area (Å²) >= 11 is 0. The molecule has 88 valence electrons. The molecule has 0 spiro atoms. The lowest BCUT2D eigenvalue weighted by atomic mass is 10.2. The predicted molar refractivity (Wildman–Crippen MR) is 65.6 cm³/mol. The van der Waals surface area contributed by atoms with Crippen LogP contribution in [0.1, 0.15) is 11.3 Å². The number of benzene rings is 1. The Labute approximate surface area is 101 Å². The molecule has 0 aliphatic heterocycles. The van der Waals surface area contributed by atoms with Gasteiger partial charge >= 0.3 is 0 Å².